The zero-order valence-electron chi connectivity index (χ0n) is 18.1. The van der Waals surface area contributed by atoms with Crippen LogP contribution in [0.3, 0.4) is 0 Å². The Morgan fingerprint density at radius 2 is 1.94 bits per heavy atom. The number of aliphatic hydroxyl groups is 1. The first kappa shape index (κ1) is 23.0. The number of hydrogen-bond acceptors (Lipinski definition) is 7. The van der Waals surface area contributed by atoms with E-state index in [0.29, 0.717) is 35.8 Å². The number of methoxy groups -OCH3 is 1. The molecule has 1 atom stereocenters. The van der Waals surface area contributed by atoms with Crippen molar-refractivity contribution in [2.24, 2.45) is 0 Å². The number of pyridine rings is 1. The SMILES string of the molecule is C=CCOc1ccc(C2/C(=C(\O)c3ccncc3)C(=O)C(=O)N2CCOC)cc1OCC. The summed E-state index contributed by atoms with van der Waals surface area (Å²) in [6.45, 7) is 6.60. The monoisotopic (exact) mass is 438 g/mol. The van der Waals surface area contributed by atoms with Crippen molar-refractivity contribution in [1.29, 1.82) is 0 Å². The van der Waals surface area contributed by atoms with Crippen molar-refractivity contribution in [3.8, 4) is 11.5 Å². The summed E-state index contributed by atoms with van der Waals surface area (Å²) in [5.74, 6) is -0.745. The summed E-state index contributed by atoms with van der Waals surface area (Å²) in [5.41, 5.74) is 0.996. The van der Waals surface area contributed by atoms with E-state index in [9.17, 15) is 14.7 Å². The van der Waals surface area contributed by atoms with Crippen LogP contribution in [0.25, 0.3) is 5.76 Å². The number of benzene rings is 1. The molecule has 0 radical (unpaired) electrons. The molecule has 0 saturated carbocycles. The second kappa shape index (κ2) is 10.6. The zero-order chi connectivity index (χ0) is 23.1. The van der Waals surface area contributed by atoms with E-state index in [1.807, 2.05) is 6.92 Å². The third-order valence-electron chi connectivity index (χ3n) is 4.97. The maximum Gasteiger partial charge on any atom is 0.295 e. The Balaban J connectivity index is 2.15. The van der Waals surface area contributed by atoms with Gasteiger partial charge < -0.3 is 24.2 Å². The number of ether oxygens (including phenoxy) is 3. The molecule has 1 aromatic heterocycles. The fourth-order valence-electron chi connectivity index (χ4n) is 3.54. The Morgan fingerprint density at radius 3 is 2.59 bits per heavy atom. The molecule has 8 heteroatoms. The van der Waals surface area contributed by atoms with Gasteiger partial charge in [0.25, 0.3) is 11.7 Å². The average Bonchev–Trinajstić information content (AvgIpc) is 3.07. The molecule has 0 spiro atoms. The molecular weight excluding hydrogens is 412 g/mol. The van der Waals surface area contributed by atoms with Gasteiger partial charge in [-0.25, -0.2) is 0 Å². The Kier molecular flexibility index (Phi) is 7.62. The standard InChI is InChI=1S/C24H26N2O6/c1-4-13-32-18-7-6-17(15-19(18)31-5-2)21-20(22(27)16-8-10-25-11-9-16)23(28)24(29)26(21)12-14-30-3/h4,6-11,15,21,27H,1,5,12-14H2,2-3H3/b22-20+. The third kappa shape index (κ3) is 4.65. The number of ketones is 1. The lowest BCUT2D eigenvalue weighted by atomic mass is 9.95. The van der Waals surface area contributed by atoms with Crippen LogP contribution in [0.1, 0.15) is 24.1 Å². The summed E-state index contributed by atoms with van der Waals surface area (Å²) >= 11 is 0. The van der Waals surface area contributed by atoms with Crippen LogP contribution in [0.2, 0.25) is 0 Å². The van der Waals surface area contributed by atoms with Gasteiger partial charge in [-0.15, -0.1) is 0 Å². The molecule has 2 heterocycles. The number of carbonyl (C=O) groups is 2. The summed E-state index contributed by atoms with van der Waals surface area (Å²) in [5, 5.41) is 11.0. The van der Waals surface area contributed by atoms with Crippen LogP contribution in [-0.2, 0) is 14.3 Å². The van der Waals surface area contributed by atoms with E-state index in [0.717, 1.165) is 0 Å². The molecule has 168 valence electrons. The van der Waals surface area contributed by atoms with E-state index in [1.165, 1.54) is 24.4 Å². The van der Waals surface area contributed by atoms with Crippen molar-refractivity contribution in [3.05, 3.63) is 72.1 Å². The van der Waals surface area contributed by atoms with Gasteiger partial charge in [0.2, 0.25) is 0 Å². The number of hydrogen-bond donors (Lipinski definition) is 1. The van der Waals surface area contributed by atoms with Gasteiger partial charge in [-0.3, -0.25) is 14.6 Å². The first-order valence-electron chi connectivity index (χ1n) is 10.2. The molecule has 3 rings (SSSR count). The summed E-state index contributed by atoms with van der Waals surface area (Å²) in [4.78, 5) is 31.2. The Hall–Kier alpha value is -3.65. The quantitative estimate of drug-likeness (QED) is 0.263. The lowest BCUT2D eigenvalue weighted by Crippen LogP contribution is -2.32. The number of aliphatic hydroxyl groups excluding tert-OH is 1. The predicted molar refractivity (Wildman–Crippen MR) is 118 cm³/mol. The molecule has 1 aromatic carbocycles. The molecule has 1 saturated heterocycles. The van der Waals surface area contributed by atoms with Crippen molar-refractivity contribution in [2.45, 2.75) is 13.0 Å². The average molecular weight is 438 g/mol. The first-order chi connectivity index (χ1) is 15.5. The highest BCUT2D eigenvalue weighted by Gasteiger charge is 2.46. The molecule has 0 bridgehead atoms. The fourth-order valence-corrected chi connectivity index (χ4v) is 3.54. The number of carbonyl (C=O) groups excluding carboxylic acids is 2. The summed E-state index contributed by atoms with van der Waals surface area (Å²) in [6.07, 6.45) is 4.63. The maximum absolute atomic E-state index is 13.0. The highest BCUT2D eigenvalue weighted by molar-refractivity contribution is 6.46. The van der Waals surface area contributed by atoms with E-state index in [2.05, 4.69) is 11.6 Å². The Bertz CT molecular complexity index is 1020. The second-order valence-electron chi connectivity index (χ2n) is 6.96. The molecule has 2 aromatic rings. The van der Waals surface area contributed by atoms with Crippen LogP contribution in [0.4, 0.5) is 0 Å². The smallest absolute Gasteiger partial charge is 0.295 e. The van der Waals surface area contributed by atoms with Crippen LogP contribution in [0, 0.1) is 0 Å². The van der Waals surface area contributed by atoms with Crippen LogP contribution >= 0.6 is 0 Å². The molecule has 1 amide bonds. The van der Waals surface area contributed by atoms with E-state index < -0.39 is 17.7 Å². The van der Waals surface area contributed by atoms with Gasteiger partial charge in [0.05, 0.1) is 24.8 Å². The number of rotatable bonds is 10. The minimum Gasteiger partial charge on any atom is -0.507 e. The van der Waals surface area contributed by atoms with Crippen molar-refractivity contribution < 1.29 is 28.9 Å². The molecule has 1 fully saturated rings. The minimum absolute atomic E-state index is 0.000452. The highest BCUT2D eigenvalue weighted by atomic mass is 16.5. The van der Waals surface area contributed by atoms with Crippen LogP contribution in [-0.4, -0.2) is 60.2 Å². The summed E-state index contributed by atoms with van der Waals surface area (Å²) in [7, 11) is 1.52. The summed E-state index contributed by atoms with van der Waals surface area (Å²) < 4.78 is 16.5. The van der Waals surface area contributed by atoms with Gasteiger partial charge in [0, 0.05) is 31.6 Å². The van der Waals surface area contributed by atoms with E-state index in [1.54, 1.807) is 36.4 Å². The fraction of sp³-hybridized carbons (Fsp3) is 0.292. The second-order valence-corrected chi connectivity index (χ2v) is 6.96. The lowest BCUT2D eigenvalue weighted by Gasteiger charge is -2.25. The van der Waals surface area contributed by atoms with Gasteiger partial charge in [-0.05, 0) is 36.8 Å². The normalized spacial score (nSPS) is 17.4. The molecule has 1 aliphatic heterocycles. The van der Waals surface area contributed by atoms with Crippen LogP contribution in [0.15, 0.2) is 61.0 Å². The number of aromatic nitrogens is 1. The van der Waals surface area contributed by atoms with Crippen molar-refractivity contribution in [3.63, 3.8) is 0 Å². The van der Waals surface area contributed by atoms with Gasteiger partial charge >= 0.3 is 0 Å². The zero-order valence-corrected chi connectivity index (χ0v) is 18.1. The first-order valence-corrected chi connectivity index (χ1v) is 10.2. The number of Topliss-reactive ketones (excluding diaryl/α,β-unsaturated/α-hetero) is 1. The maximum atomic E-state index is 13.0. The molecule has 1 aliphatic rings. The highest BCUT2D eigenvalue weighted by Crippen LogP contribution is 2.41. The van der Waals surface area contributed by atoms with Gasteiger partial charge in [-0.1, -0.05) is 18.7 Å². The van der Waals surface area contributed by atoms with Gasteiger partial charge in [-0.2, -0.15) is 0 Å². The van der Waals surface area contributed by atoms with Crippen LogP contribution in [0.5, 0.6) is 11.5 Å². The molecule has 32 heavy (non-hydrogen) atoms. The molecule has 0 aliphatic carbocycles. The van der Waals surface area contributed by atoms with Crippen molar-refractivity contribution >= 4 is 17.4 Å². The third-order valence-corrected chi connectivity index (χ3v) is 4.97. The Morgan fingerprint density at radius 1 is 1.19 bits per heavy atom. The van der Waals surface area contributed by atoms with Gasteiger partial charge in [0.1, 0.15) is 12.4 Å². The minimum atomic E-state index is -0.814. The number of nitrogens with zero attached hydrogens (tertiary/aromatic N) is 2. The lowest BCUT2D eigenvalue weighted by molar-refractivity contribution is -0.140. The summed E-state index contributed by atoms with van der Waals surface area (Å²) in [6, 6.07) is 7.52. The molecule has 1 N–H and O–H groups in total. The molecule has 1 unspecified atom stereocenters. The van der Waals surface area contributed by atoms with Crippen molar-refractivity contribution in [2.75, 3.05) is 33.5 Å². The van der Waals surface area contributed by atoms with E-state index in [4.69, 9.17) is 14.2 Å². The number of likely N-dealkylation sites (tertiary alicyclic amines) is 1. The predicted octanol–water partition coefficient (Wildman–Crippen LogP) is 3.11. The topological polar surface area (TPSA) is 98.2 Å². The Labute approximate surface area is 186 Å². The largest absolute Gasteiger partial charge is 0.507 e. The van der Waals surface area contributed by atoms with Crippen molar-refractivity contribution in [1.82, 2.24) is 9.88 Å². The van der Waals surface area contributed by atoms with E-state index in [-0.39, 0.29) is 24.5 Å². The van der Waals surface area contributed by atoms with Crippen LogP contribution < -0.4 is 9.47 Å². The van der Waals surface area contributed by atoms with Gasteiger partial charge in [0.15, 0.2) is 11.5 Å². The molecule has 8 nitrogen and oxygen atoms in total. The van der Waals surface area contributed by atoms with E-state index >= 15 is 0 Å². The molecular formula is C24H26N2O6. The number of amides is 1.